The van der Waals surface area contributed by atoms with Gasteiger partial charge >= 0.3 is 5.97 Å². The maximum Gasteiger partial charge on any atom is 0.348 e. The number of benzene rings is 3. The molecule has 0 radical (unpaired) electrons. The second-order valence-electron chi connectivity index (χ2n) is 8.45. The Kier molecular flexibility index (Phi) is 6.41. The third-order valence-electron chi connectivity index (χ3n) is 5.98. The summed E-state index contributed by atoms with van der Waals surface area (Å²) in [5.74, 6) is -0.340. The molecule has 35 heavy (non-hydrogen) atoms. The van der Waals surface area contributed by atoms with Gasteiger partial charge in [-0.1, -0.05) is 59.1 Å². The van der Waals surface area contributed by atoms with Gasteiger partial charge in [0.25, 0.3) is 0 Å². The van der Waals surface area contributed by atoms with Gasteiger partial charge in [-0.2, -0.15) is 5.10 Å². The molecule has 1 unspecified atom stereocenters. The number of fused-ring (bicyclic) bond motifs is 1. The monoisotopic (exact) mass is 520 g/mol. The second kappa shape index (κ2) is 9.50. The summed E-state index contributed by atoms with van der Waals surface area (Å²) in [6, 6.07) is 24.0. The van der Waals surface area contributed by atoms with E-state index >= 15 is 0 Å². The highest BCUT2D eigenvalue weighted by atomic mass is 35.5. The molecular formula is C28H22Cl2N2O2S. The summed E-state index contributed by atoms with van der Waals surface area (Å²) in [6.07, 6.45) is 0. The smallest absolute Gasteiger partial charge is 0.348 e. The van der Waals surface area contributed by atoms with Gasteiger partial charge in [0.1, 0.15) is 4.88 Å². The van der Waals surface area contributed by atoms with Crippen molar-refractivity contribution in [2.24, 2.45) is 0 Å². The lowest BCUT2D eigenvalue weighted by atomic mass is 10.0. The van der Waals surface area contributed by atoms with Gasteiger partial charge in [0.2, 0.25) is 0 Å². The molecule has 176 valence electrons. The number of carbonyl (C=O) groups excluding carboxylic acids is 1. The first-order valence-electron chi connectivity index (χ1n) is 11.1. The topological polar surface area (TPSA) is 44.1 Å². The molecule has 0 amide bonds. The summed E-state index contributed by atoms with van der Waals surface area (Å²) in [5, 5.41) is 8.43. The first-order valence-corrected chi connectivity index (χ1v) is 12.6. The molecular weight excluding hydrogens is 499 g/mol. The van der Waals surface area contributed by atoms with E-state index in [2.05, 4.69) is 56.3 Å². The zero-order valence-corrected chi connectivity index (χ0v) is 21.7. The zero-order valence-electron chi connectivity index (χ0n) is 19.4. The average Bonchev–Trinajstić information content (AvgIpc) is 3.50. The highest BCUT2D eigenvalue weighted by molar-refractivity contribution is 7.14. The summed E-state index contributed by atoms with van der Waals surface area (Å²) in [5.41, 5.74) is 4.84. The van der Waals surface area contributed by atoms with Crippen molar-refractivity contribution in [2.75, 3.05) is 7.11 Å². The Morgan fingerprint density at radius 1 is 0.914 bits per heavy atom. The number of esters is 1. The average molecular weight is 521 g/mol. The van der Waals surface area contributed by atoms with Gasteiger partial charge in [0.15, 0.2) is 0 Å². The number of aromatic nitrogens is 2. The lowest BCUT2D eigenvalue weighted by Crippen LogP contribution is -2.09. The summed E-state index contributed by atoms with van der Waals surface area (Å²) < 4.78 is 6.88. The van der Waals surface area contributed by atoms with Crippen LogP contribution in [0, 0.1) is 6.92 Å². The van der Waals surface area contributed by atoms with E-state index in [-0.39, 0.29) is 12.0 Å². The van der Waals surface area contributed by atoms with E-state index in [1.165, 1.54) is 29.4 Å². The lowest BCUT2D eigenvalue weighted by molar-refractivity contribution is 0.0606. The van der Waals surface area contributed by atoms with Crippen molar-refractivity contribution < 1.29 is 9.53 Å². The van der Waals surface area contributed by atoms with E-state index in [0.29, 0.717) is 14.9 Å². The molecule has 0 saturated carbocycles. The van der Waals surface area contributed by atoms with Crippen molar-refractivity contribution in [3.05, 3.63) is 98.2 Å². The molecule has 0 aliphatic heterocycles. The van der Waals surface area contributed by atoms with Crippen LogP contribution in [-0.4, -0.2) is 22.9 Å². The molecule has 4 nitrogen and oxygen atoms in total. The number of hydrogen-bond donors (Lipinski definition) is 0. The molecule has 5 rings (SSSR count). The molecule has 2 heterocycles. The highest BCUT2D eigenvalue weighted by Gasteiger charge is 2.21. The number of carbonyl (C=O) groups is 1. The van der Waals surface area contributed by atoms with E-state index < -0.39 is 0 Å². The quantitative estimate of drug-likeness (QED) is 0.218. The minimum absolute atomic E-state index is 0.120. The number of halogens is 2. The third kappa shape index (κ3) is 4.72. The van der Waals surface area contributed by atoms with Gasteiger partial charge in [0, 0.05) is 26.0 Å². The first-order chi connectivity index (χ1) is 16.8. The van der Waals surface area contributed by atoms with Crippen LogP contribution in [0.15, 0.2) is 72.8 Å². The van der Waals surface area contributed by atoms with Crippen LogP contribution in [0.5, 0.6) is 0 Å². The van der Waals surface area contributed by atoms with Gasteiger partial charge in [-0.15, -0.1) is 11.3 Å². The Bertz CT molecular complexity index is 1550. The molecule has 7 heteroatoms. The van der Waals surface area contributed by atoms with Crippen LogP contribution < -0.4 is 0 Å². The van der Waals surface area contributed by atoms with Gasteiger partial charge in [-0.05, 0) is 67.1 Å². The van der Waals surface area contributed by atoms with Crippen molar-refractivity contribution in [1.82, 2.24) is 9.78 Å². The number of ether oxygens (including phenoxy) is 1. The minimum atomic E-state index is -0.340. The van der Waals surface area contributed by atoms with E-state index in [1.54, 1.807) is 12.1 Å². The lowest BCUT2D eigenvalue weighted by Gasteiger charge is -2.15. The van der Waals surface area contributed by atoms with Crippen LogP contribution in [-0.2, 0) is 4.74 Å². The van der Waals surface area contributed by atoms with E-state index in [4.69, 9.17) is 33.0 Å². The van der Waals surface area contributed by atoms with Crippen LogP contribution >= 0.6 is 34.5 Å². The van der Waals surface area contributed by atoms with E-state index in [0.717, 1.165) is 32.8 Å². The Morgan fingerprint density at radius 3 is 2.37 bits per heavy atom. The predicted molar refractivity (Wildman–Crippen MR) is 145 cm³/mol. The summed E-state index contributed by atoms with van der Waals surface area (Å²) in [6.45, 7) is 4.17. The summed E-state index contributed by atoms with van der Waals surface area (Å²) >= 11 is 14.0. The molecule has 0 saturated heterocycles. The van der Waals surface area contributed by atoms with Crippen LogP contribution in [0.2, 0.25) is 10.0 Å². The fourth-order valence-corrected chi connectivity index (χ4v) is 5.67. The van der Waals surface area contributed by atoms with Crippen molar-refractivity contribution in [2.45, 2.75) is 19.9 Å². The van der Waals surface area contributed by atoms with Crippen molar-refractivity contribution in [3.8, 4) is 22.5 Å². The zero-order chi connectivity index (χ0) is 24.7. The van der Waals surface area contributed by atoms with Crippen molar-refractivity contribution in [1.29, 1.82) is 0 Å². The predicted octanol–water partition coefficient (Wildman–Crippen LogP) is 8.44. The highest BCUT2D eigenvalue weighted by Crippen LogP contribution is 2.36. The van der Waals surface area contributed by atoms with Gasteiger partial charge < -0.3 is 4.74 Å². The summed E-state index contributed by atoms with van der Waals surface area (Å²) in [4.78, 5) is 13.6. The standard InChI is InChI=1S/C28H22Cl2N2O2S/c1-16-4-5-19-11-20(7-6-18(19)10-16)25-15-24(21-12-22(29)14-23(30)13-21)31-32(25)17(2)26-8-9-27(35-26)28(33)34-3/h4-15,17H,1-3H3. The van der Waals surface area contributed by atoms with Crippen LogP contribution in [0.25, 0.3) is 33.3 Å². The second-order valence-corrected chi connectivity index (χ2v) is 10.4. The Labute approximate surface area is 217 Å². The fraction of sp³-hybridized carbons (Fsp3) is 0.143. The number of aryl methyl sites for hydroxylation is 1. The van der Waals surface area contributed by atoms with Gasteiger partial charge in [-0.3, -0.25) is 4.68 Å². The molecule has 1 atom stereocenters. The van der Waals surface area contributed by atoms with Crippen molar-refractivity contribution in [3.63, 3.8) is 0 Å². The van der Waals surface area contributed by atoms with Crippen LogP contribution in [0.4, 0.5) is 0 Å². The Morgan fingerprint density at radius 2 is 1.63 bits per heavy atom. The molecule has 0 fully saturated rings. The molecule has 0 bridgehead atoms. The van der Waals surface area contributed by atoms with E-state index in [9.17, 15) is 4.79 Å². The third-order valence-corrected chi connectivity index (χ3v) is 7.65. The maximum absolute atomic E-state index is 12.0. The minimum Gasteiger partial charge on any atom is -0.465 e. The van der Waals surface area contributed by atoms with Gasteiger partial charge in [0.05, 0.1) is 24.5 Å². The van der Waals surface area contributed by atoms with Crippen LogP contribution in [0.3, 0.4) is 0 Å². The molecule has 0 N–H and O–H groups in total. The maximum atomic E-state index is 12.0. The van der Waals surface area contributed by atoms with Crippen molar-refractivity contribution >= 4 is 51.3 Å². The molecule has 3 aromatic carbocycles. The normalized spacial score (nSPS) is 12.1. The number of rotatable bonds is 5. The molecule has 0 aliphatic carbocycles. The Hall–Kier alpha value is -3.12. The largest absolute Gasteiger partial charge is 0.465 e. The first kappa shape index (κ1) is 23.6. The van der Waals surface area contributed by atoms with E-state index in [1.807, 2.05) is 22.9 Å². The number of thiophene rings is 1. The summed E-state index contributed by atoms with van der Waals surface area (Å²) in [7, 11) is 1.39. The number of nitrogens with zero attached hydrogens (tertiary/aromatic N) is 2. The number of hydrogen-bond acceptors (Lipinski definition) is 4. The Balaban J connectivity index is 1.66. The SMILES string of the molecule is COC(=O)c1ccc(C(C)n2nc(-c3cc(Cl)cc(Cl)c3)cc2-c2ccc3cc(C)ccc3c2)s1. The van der Waals surface area contributed by atoms with Gasteiger partial charge in [-0.25, -0.2) is 4.79 Å². The molecule has 0 aliphatic rings. The molecule has 2 aromatic heterocycles. The molecule has 5 aromatic rings. The fourth-order valence-electron chi connectivity index (χ4n) is 4.18. The number of methoxy groups -OCH3 is 1. The molecule has 0 spiro atoms. The van der Waals surface area contributed by atoms with Crippen LogP contribution in [0.1, 0.15) is 33.1 Å².